The zero-order valence-corrected chi connectivity index (χ0v) is 13.2. The Morgan fingerprint density at radius 3 is 2.80 bits per heavy atom. The molecule has 0 aliphatic heterocycles. The Morgan fingerprint density at radius 2 is 2.05 bits per heavy atom. The van der Waals surface area contributed by atoms with E-state index in [1.54, 1.807) is 0 Å². The van der Waals surface area contributed by atoms with Crippen LogP contribution in [-0.2, 0) is 6.42 Å². The number of ether oxygens (including phenoxy) is 1. The van der Waals surface area contributed by atoms with Gasteiger partial charge in [-0.15, -0.1) is 0 Å². The first-order chi connectivity index (χ1) is 9.79. The summed E-state index contributed by atoms with van der Waals surface area (Å²) in [6, 6.07) is 5.91. The fraction of sp³-hybridized carbons (Fsp3) is 0.647. The molecule has 0 amide bonds. The van der Waals surface area contributed by atoms with E-state index in [9.17, 15) is 0 Å². The Hall–Kier alpha value is -0.730. The van der Waals surface area contributed by atoms with Gasteiger partial charge in [0.15, 0.2) is 0 Å². The van der Waals surface area contributed by atoms with E-state index >= 15 is 0 Å². The minimum Gasteiger partial charge on any atom is -0.492 e. The lowest BCUT2D eigenvalue weighted by Crippen LogP contribution is -2.28. The van der Waals surface area contributed by atoms with Gasteiger partial charge in [0.2, 0.25) is 0 Å². The number of halogens is 1. The maximum Gasteiger partial charge on any atom is 0.119 e. The Balaban J connectivity index is 1.63. The van der Waals surface area contributed by atoms with Crippen LogP contribution in [0.3, 0.4) is 0 Å². The summed E-state index contributed by atoms with van der Waals surface area (Å²) in [5, 5.41) is 4.34. The van der Waals surface area contributed by atoms with Crippen molar-refractivity contribution in [2.24, 2.45) is 5.92 Å². The molecule has 0 saturated heterocycles. The molecule has 0 bridgehead atoms. The average Bonchev–Trinajstić information content (AvgIpc) is 2.49. The maximum absolute atomic E-state index is 6.10. The first-order valence-electron chi connectivity index (χ1n) is 7.91. The van der Waals surface area contributed by atoms with Crippen molar-refractivity contribution in [3.63, 3.8) is 0 Å². The second kappa shape index (κ2) is 8.53. The van der Waals surface area contributed by atoms with Gasteiger partial charge in [0, 0.05) is 11.6 Å². The molecule has 0 unspecified atom stereocenters. The summed E-state index contributed by atoms with van der Waals surface area (Å²) >= 11 is 6.10. The number of rotatable bonds is 7. The Morgan fingerprint density at radius 1 is 1.25 bits per heavy atom. The zero-order chi connectivity index (χ0) is 14.2. The van der Waals surface area contributed by atoms with Gasteiger partial charge in [-0.05, 0) is 55.5 Å². The summed E-state index contributed by atoms with van der Waals surface area (Å²) in [4.78, 5) is 0. The van der Waals surface area contributed by atoms with E-state index in [1.807, 2.05) is 18.2 Å². The van der Waals surface area contributed by atoms with Gasteiger partial charge < -0.3 is 10.1 Å². The third kappa shape index (κ3) is 4.99. The van der Waals surface area contributed by atoms with E-state index in [-0.39, 0.29) is 0 Å². The number of benzene rings is 1. The van der Waals surface area contributed by atoms with Crippen LogP contribution >= 0.6 is 11.6 Å². The smallest absolute Gasteiger partial charge is 0.119 e. The summed E-state index contributed by atoms with van der Waals surface area (Å²) < 4.78 is 5.77. The fourth-order valence-electron chi connectivity index (χ4n) is 2.85. The van der Waals surface area contributed by atoms with Gasteiger partial charge in [0.25, 0.3) is 0 Å². The van der Waals surface area contributed by atoms with Crippen LogP contribution in [0.5, 0.6) is 5.75 Å². The fourth-order valence-corrected chi connectivity index (χ4v) is 3.10. The minimum atomic E-state index is 0.720. The van der Waals surface area contributed by atoms with Crippen LogP contribution in [0.2, 0.25) is 5.02 Å². The lowest BCUT2D eigenvalue weighted by Gasteiger charge is -2.21. The highest BCUT2D eigenvalue weighted by molar-refractivity contribution is 6.31. The molecule has 1 aliphatic rings. The predicted octanol–water partition coefficient (Wildman–Crippen LogP) is 4.45. The first kappa shape index (κ1) is 15.7. The quantitative estimate of drug-likeness (QED) is 0.750. The molecule has 1 fully saturated rings. The van der Waals surface area contributed by atoms with Crippen LogP contribution in [0.25, 0.3) is 0 Å². The highest BCUT2D eigenvalue weighted by atomic mass is 35.5. The van der Waals surface area contributed by atoms with Crippen LogP contribution < -0.4 is 10.1 Å². The summed E-state index contributed by atoms with van der Waals surface area (Å²) in [7, 11) is 0. The van der Waals surface area contributed by atoms with Crippen molar-refractivity contribution < 1.29 is 4.74 Å². The van der Waals surface area contributed by atoms with Gasteiger partial charge in [-0.1, -0.05) is 37.8 Å². The predicted molar refractivity (Wildman–Crippen MR) is 85.8 cm³/mol. The summed E-state index contributed by atoms with van der Waals surface area (Å²) in [5.74, 6) is 1.80. The Bertz CT molecular complexity index is 402. The van der Waals surface area contributed by atoms with Crippen molar-refractivity contribution in [2.45, 2.75) is 45.4 Å². The molecule has 0 radical (unpaired) electrons. The molecular weight excluding hydrogens is 270 g/mol. The maximum atomic E-state index is 6.10. The Labute approximate surface area is 127 Å². The van der Waals surface area contributed by atoms with E-state index in [2.05, 4.69) is 12.2 Å². The third-order valence-corrected chi connectivity index (χ3v) is 4.47. The molecule has 2 rings (SSSR count). The standard InChI is InChI=1S/C17H26ClNO/c1-2-15-12-16(8-9-17(15)18)20-11-10-19-13-14-6-4-3-5-7-14/h8-9,12,14,19H,2-7,10-11,13H2,1H3. The molecule has 1 N–H and O–H groups in total. The van der Waals surface area contributed by atoms with Crippen LogP contribution in [0.15, 0.2) is 18.2 Å². The molecule has 1 saturated carbocycles. The SMILES string of the molecule is CCc1cc(OCCNCC2CCCCC2)ccc1Cl. The average molecular weight is 296 g/mol. The van der Waals surface area contributed by atoms with E-state index in [1.165, 1.54) is 32.1 Å². The van der Waals surface area contributed by atoms with Crippen molar-refractivity contribution >= 4 is 11.6 Å². The van der Waals surface area contributed by atoms with E-state index < -0.39 is 0 Å². The molecule has 0 heterocycles. The van der Waals surface area contributed by atoms with Crippen LogP contribution in [0, 0.1) is 5.92 Å². The molecule has 2 nitrogen and oxygen atoms in total. The normalized spacial score (nSPS) is 16.3. The molecule has 112 valence electrons. The molecule has 0 spiro atoms. The number of aryl methyl sites for hydroxylation is 1. The lowest BCUT2D eigenvalue weighted by atomic mass is 9.89. The molecule has 0 aromatic heterocycles. The van der Waals surface area contributed by atoms with Gasteiger partial charge in [-0.3, -0.25) is 0 Å². The lowest BCUT2D eigenvalue weighted by molar-refractivity contribution is 0.294. The highest BCUT2D eigenvalue weighted by Gasteiger charge is 2.12. The van der Waals surface area contributed by atoms with E-state index in [0.29, 0.717) is 0 Å². The van der Waals surface area contributed by atoms with Crippen molar-refractivity contribution in [2.75, 3.05) is 19.7 Å². The van der Waals surface area contributed by atoms with Crippen LogP contribution in [0.1, 0.15) is 44.6 Å². The van der Waals surface area contributed by atoms with Crippen molar-refractivity contribution in [1.82, 2.24) is 5.32 Å². The molecule has 1 aliphatic carbocycles. The highest BCUT2D eigenvalue weighted by Crippen LogP contribution is 2.23. The van der Waals surface area contributed by atoms with E-state index in [4.69, 9.17) is 16.3 Å². The molecule has 0 atom stereocenters. The van der Waals surface area contributed by atoms with Gasteiger partial charge >= 0.3 is 0 Å². The van der Waals surface area contributed by atoms with Crippen LogP contribution in [0.4, 0.5) is 0 Å². The van der Waals surface area contributed by atoms with Gasteiger partial charge in [-0.25, -0.2) is 0 Å². The number of hydrogen-bond donors (Lipinski definition) is 1. The Kier molecular flexibility index (Phi) is 6.68. The van der Waals surface area contributed by atoms with Gasteiger partial charge in [0.05, 0.1) is 0 Å². The van der Waals surface area contributed by atoms with Gasteiger partial charge in [-0.2, -0.15) is 0 Å². The van der Waals surface area contributed by atoms with E-state index in [0.717, 1.165) is 48.4 Å². The summed E-state index contributed by atoms with van der Waals surface area (Å²) in [5.41, 5.74) is 1.15. The minimum absolute atomic E-state index is 0.720. The first-order valence-corrected chi connectivity index (χ1v) is 8.29. The topological polar surface area (TPSA) is 21.3 Å². The largest absolute Gasteiger partial charge is 0.492 e. The van der Waals surface area contributed by atoms with Crippen molar-refractivity contribution in [3.8, 4) is 5.75 Å². The van der Waals surface area contributed by atoms with Gasteiger partial charge in [0.1, 0.15) is 12.4 Å². The summed E-state index contributed by atoms with van der Waals surface area (Å²) in [6.45, 7) is 4.89. The number of hydrogen-bond acceptors (Lipinski definition) is 2. The molecule has 3 heteroatoms. The monoisotopic (exact) mass is 295 g/mol. The molecule has 1 aromatic carbocycles. The summed E-state index contributed by atoms with van der Waals surface area (Å²) in [6.07, 6.45) is 7.97. The third-order valence-electron chi connectivity index (χ3n) is 4.10. The van der Waals surface area contributed by atoms with Crippen LogP contribution in [-0.4, -0.2) is 19.7 Å². The van der Waals surface area contributed by atoms with Crippen molar-refractivity contribution in [1.29, 1.82) is 0 Å². The molecular formula is C17H26ClNO. The molecule has 1 aromatic rings. The number of nitrogens with one attached hydrogen (secondary N) is 1. The zero-order valence-electron chi connectivity index (χ0n) is 12.5. The van der Waals surface area contributed by atoms with Crippen molar-refractivity contribution in [3.05, 3.63) is 28.8 Å². The second-order valence-corrected chi connectivity index (χ2v) is 6.07. The molecule has 20 heavy (non-hydrogen) atoms. The second-order valence-electron chi connectivity index (χ2n) is 5.66.